The summed E-state index contributed by atoms with van der Waals surface area (Å²) in [6.07, 6.45) is 50.0. The maximum absolute atomic E-state index is 13.0. The Hall–Kier alpha value is -1.94. The number of hydrogen-bond acceptors (Lipinski definition) is 15. The Morgan fingerprint density at radius 2 is 0.517 bits per heavy atom. The highest BCUT2D eigenvalue weighted by atomic mass is 31.2. The normalized spacial score (nSPS) is 14.1. The molecule has 0 aliphatic rings. The maximum Gasteiger partial charge on any atom is 0.472 e. The number of hydrogen-bond donors (Lipinski definition) is 3. The zero-order chi connectivity index (χ0) is 65.6. The van der Waals surface area contributed by atoms with Crippen molar-refractivity contribution in [1.29, 1.82) is 0 Å². The van der Waals surface area contributed by atoms with Crippen LogP contribution in [0.4, 0.5) is 0 Å². The zero-order valence-corrected chi connectivity index (χ0v) is 59.4. The van der Waals surface area contributed by atoms with E-state index >= 15 is 0 Å². The molecule has 0 spiro atoms. The van der Waals surface area contributed by atoms with Gasteiger partial charge in [-0.3, -0.25) is 37.3 Å². The molecule has 0 radical (unpaired) electrons. The zero-order valence-electron chi connectivity index (χ0n) is 57.6. The number of phosphoric acid groups is 2. The predicted octanol–water partition coefficient (Wildman–Crippen LogP) is 20.1. The minimum atomic E-state index is -4.95. The molecule has 0 saturated carbocycles. The molecule has 17 nitrogen and oxygen atoms in total. The Morgan fingerprint density at radius 1 is 0.303 bits per heavy atom. The fourth-order valence-electron chi connectivity index (χ4n) is 10.6. The molecule has 2 unspecified atom stereocenters. The van der Waals surface area contributed by atoms with Gasteiger partial charge < -0.3 is 33.8 Å². The Kier molecular flexibility index (Phi) is 62.1. The summed E-state index contributed by atoms with van der Waals surface area (Å²) in [5, 5.41) is 10.6. The van der Waals surface area contributed by atoms with Crippen molar-refractivity contribution >= 4 is 39.5 Å². The van der Waals surface area contributed by atoms with E-state index in [1.807, 2.05) is 0 Å². The highest BCUT2D eigenvalue weighted by Gasteiger charge is 2.30. The molecule has 0 fully saturated rings. The minimum absolute atomic E-state index is 0.107. The largest absolute Gasteiger partial charge is 0.472 e. The predicted molar refractivity (Wildman–Crippen MR) is 358 cm³/mol. The van der Waals surface area contributed by atoms with E-state index in [9.17, 15) is 43.2 Å². The highest BCUT2D eigenvalue weighted by molar-refractivity contribution is 7.47. The quantitative estimate of drug-likeness (QED) is 0.0222. The lowest BCUT2D eigenvalue weighted by atomic mass is 10.0. The van der Waals surface area contributed by atoms with Crippen LogP contribution in [0.25, 0.3) is 0 Å². The fraction of sp³-hybridized carbons (Fsp3) is 0.943. The summed E-state index contributed by atoms with van der Waals surface area (Å²) in [6, 6.07) is 0. The number of rotatable bonds is 70. The van der Waals surface area contributed by atoms with Gasteiger partial charge in [0.05, 0.1) is 26.4 Å². The van der Waals surface area contributed by atoms with Crippen molar-refractivity contribution in [3.8, 4) is 0 Å². The number of aliphatic hydroxyl groups is 1. The van der Waals surface area contributed by atoms with Crippen LogP contribution in [-0.4, -0.2) is 96.7 Å². The molecule has 0 aliphatic carbocycles. The van der Waals surface area contributed by atoms with Crippen LogP contribution in [0.5, 0.6) is 0 Å². The molecule has 0 aromatic rings. The van der Waals surface area contributed by atoms with Gasteiger partial charge in [-0.25, -0.2) is 9.13 Å². The molecule has 0 aromatic carbocycles. The summed E-state index contributed by atoms with van der Waals surface area (Å²) in [7, 11) is -9.89. The molecule has 3 N–H and O–H groups in total. The second-order valence-electron chi connectivity index (χ2n) is 25.7. The Balaban J connectivity index is 5.18. The number of ether oxygens (including phenoxy) is 4. The first-order valence-corrected chi connectivity index (χ1v) is 39.6. The van der Waals surface area contributed by atoms with Crippen LogP contribution >= 0.6 is 15.6 Å². The number of carbonyl (C=O) groups excluding carboxylic acids is 4. The molecular formula is C70H136O17P2. The van der Waals surface area contributed by atoms with Crippen LogP contribution in [0.2, 0.25) is 0 Å². The maximum atomic E-state index is 13.0. The fourth-order valence-corrected chi connectivity index (χ4v) is 12.2. The molecule has 0 heterocycles. The number of phosphoric ester groups is 2. The molecule has 0 saturated heterocycles. The SMILES string of the molecule is CCCCCCCCCCCCCCC(=O)OC[C@H](COP(=O)(O)OC[C@@H](O)COP(=O)(O)OC[C@@H](COC(=O)CCCCCCCCC)OC(=O)CCCCCCCCCCCCCC)OC(=O)CCCCCCCCCCCCCCCCCC(C)C. The van der Waals surface area contributed by atoms with Crippen molar-refractivity contribution in [3.05, 3.63) is 0 Å². The lowest BCUT2D eigenvalue weighted by molar-refractivity contribution is -0.161. The highest BCUT2D eigenvalue weighted by Crippen LogP contribution is 2.45. The van der Waals surface area contributed by atoms with E-state index in [0.717, 1.165) is 109 Å². The second-order valence-corrected chi connectivity index (χ2v) is 28.7. The first-order chi connectivity index (χ1) is 43.0. The molecule has 0 amide bonds. The monoisotopic (exact) mass is 1310 g/mol. The molecular weight excluding hydrogens is 1170 g/mol. The number of carbonyl (C=O) groups is 4. The van der Waals surface area contributed by atoms with Gasteiger partial charge in [0.15, 0.2) is 12.2 Å². The average Bonchev–Trinajstić information content (AvgIpc) is 3.59. The van der Waals surface area contributed by atoms with Gasteiger partial charge >= 0.3 is 39.5 Å². The molecule has 0 aliphatic heterocycles. The number of unbranched alkanes of at least 4 members (excludes halogenated alkanes) is 42. The molecule has 0 bridgehead atoms. The van der Waals surface area contributed by atoms with Gasteiger partial charge in [0.25, 0.3) is 0 Å². The van der Waals surface area contributed by atoms with Crippen molar-refractivity contribution in [1.82, 2.24) is 0 Å². The molecule has 89 heavy (non-hydrogen) atoms. The lowest BCUT2D eigenvalue weighted by Gasteiger charge is -2.21. The summed E-state index contributed by atoms with van der Waals surface area (Å²) in [6.45, 7) is 7.24. The minimum Gasteiger partial charge on any atom is -0.462 e. The first-order valence-electron chi connectivity index (χ1n) is 36.6. The number of esters is 4. The topological polar surface area (TPSA) is 237 Å². The van der Waals surface area contributed by atoms with Gasteiger partial charge in [-0.15, -0.1) is 0 Å². The van der Waals surface area contributed by atoms with Gasteiger partial charge in [-0.05, 0) is 31.6 Å². The van der Waals surface area contributed by atoms with E-state index < -0.39 is 97.5 Å². The molecule has 528 valence electrons. The van der Waals surface area contributed by atoms with E-state index in [4.69, 9.17) is 37.0 Å². The third-order valence-electron chi connectivity index (χ3n) is 16.3. The number of aliphatic hydroxyl groups excluding tert-OH is 1. The Bertz CT molecular complexity index is 1720. The Labute approximate surface area is 543 Å². The van der Waals surface area contributed by atoms with Crippen molar-refractivity contribution < 1.29 is 80.2 Å². The van der Waals surface area contributed by atoms with Crippen molar-refractivity contribution in [2.45, 2.75) is 380 Å². The third kappa shape index (κ3) is 64.6. The van der Waals surface area contributed by atoms with Crippen molar-refractivity contribution in [3.63, 3.8) is 0 Å². The van der Waals surface area contributed by atoms with Crippen LogP contribution in [0, 0.1) is 5.92 Å². The van der Waals surface area contributed by atoms with E-state index in [1.54, 1.807) is 0 Å². The average molecular weight is 1310 g/mol. The summed E-state index contributed by atoms with van der Waals surface area (Å²) >= 11 is 0. The molecule has 0 aromatic heterocycles. The molecule has 0 rings (SSSR count). The Morgan fingerprint density at radius 3 is 0.764 bits per heavy atom. The summed E-state index contributed by atoms with van der Waals surface area (Å²) in [5.74, 6) is -1.32. The van der Waals surface area contributed by atoms with Crippen LogP contribution < -0.4 is 0 Å². The van der Waals surface area contributed by atoms with E-state index in [2.05, 4.69) is 34.6 Å². The lowest BCUT2D eigenvalue weighted by Crippen LogP contribution is -2.30. The van der Waals surface area contributed by atoms with Gasteiger partial charge in [-0.1, -0.05) is 311 Å². The molecule has 19 heteroatoms. The first kappa shape index (κ1) is 87.1. The third-order valence-corrected chi connectivity index (χ3v) is 18.2. The van der Waals surface area contributed by atoms with Gasteiger partial charge in [0, 0.05) is 25.7 Å². The van der Waals surface area contributed by atoms with E-state index in [0.29, 0.717) is 25.7 Å². The van der Waals surface area contributed by atoms with Crippen LogP contribution in [0.3, 0.4) is 0 Å². The standard InChI is InChI=1S/C70H136O17P2/c1-6-9-12-15-18-20-22-30-34-39-44-49-54-68(73)81-60-66(87-70(75)56-51-46-41-36-32-28-26-24-25-27-29-33-38-42-47-52-63(4)5)62-85-89(78,79)83-58-64(71)57-82-88(76,77)84-61-65(59-80-67(72)53-48-43-37-17-14-11-8-3)86-69(74)55-50-45-40-35-31-23-21-19-16-13-10-7-2/h63-66,71H,6-62H2,1-5H3,(H,76,77)(H,78,79)/t64-,65+,66+/m0/s1. The van der Waals surface area contributed by atoms with Crippen molar-refractivity contribution in [2.24, 2.45) is 5.92 Å². The summed E-state index contributed by atoms with van der Waals surface area (Å²) in [4.78, 5) is 72.4. The summed E-state index contributed by atoms with van der Waals surface area (Å²) in [5.41, 5.74) is 0. The van der Waals surface area contributed by atoms with E-state index in [-0.39, 0.29) is 25.7 Å². The van der Waals surface area contributed by atoms with Crippen LogP contribution in [0.1, 0.15) is 362 Å². The van der Waals surface area contributed by atoms with Crippen LogP contribution in [-0.2, 0) is 65.4 Å². The van der Waals surface area contributed by atoms with Gasteiger partial charge in [0.1, 0.15) is 19.3 Å². The second kappa shape index (κ2) is 63.5. The van der Waals surface area contributed by atoms with E-state index in [1.165, 1.54) is 173 Å². The van der Waals surface area contributed by atoms with Gasteiger partial charge in [0.2, 0.25) is 0 Å². The van der Waals surface area contributed by atoms with Gasteiger partial charge in [-0.2, -0.15) is 0 Å². The van der Waals surface area contributed by atoms with Crippen molar-refractivity contribution in [2.75, 3.05) is 39.6 Å². The summed E-state index contributed by atoms with van der Waals surface area (Å²) < 4.78 is 68.2. The van der Waals surface area contributed by atoms with Crippen LogP contribution in [0.15, 0.2) is 0 Å². The molecule has 5 atom stereocenters. The smallest absolute Gasteiger partial charge is 0.462 e.